The Morgan fingerprint density at radius 3 is 2.91 bits per heavy atom. The Kier molecular flexibility index (Phi) is 4.49. The molecule has 0 atom stereocenters. The predicted octanol–water partition coefficient (Wildman–Crippen LogP) is 3.37. The lowest BCUT2D eigenvalue weighted by atomic mass is 10.1. The van der Waals surface area contributed by atoms with Crippen LogP contribution in [0.4, 0.5) is 0 Å². The van der Waals surface area contributed by atoms with Gasteiger partial charge in [0.05, 0.1) is 6.54 Å². The van der Waals surface area contributed by atoms with Crippen molar-refractivity contribution in [2.75, 3.05) is 13.7 Å². The lowest BCUT2D eigenvalue weighted by Gasteiger charge is -2.09. The zero-order valence-corrected chi connectivity index (χ0v) is 13.1. The first-order valence-electron chi connectivity index (χ1n) is 7.62. The van der Waals surface area contributed by atoms with E-state index < -0.39 is 0 Å². The van der Waals surface area contributed by atoms with Crippen molar-refractivity contribution in [1.29, 1.82) is 0 Å². The second-order valence-electron chi connectivity index (χ2n) is 5.55. The van der Waals surface area contributed by atoms with E-state index in [1.54, 1.807) is 7.11 Å². The fourth-order valence-corrected chi connectivity index (χ4v) is 2.73. The van der Waals surface area contributed by atoms with E-state index in [2.05, 4.69) is 40.7 Å². The quantitative estimate of drug-likeness (QED) is 0.655. The minimum Gasteiger partial charge on any atom is -0.385 e. The summed E-state index contributed by atoms with van der Waals surface area (Å²) in [6, 6.07) is 12.5. The van der Waals surface area contributed by atoms with Gasteiger partial charge in [0.15, 0.2) is 5.65 Å². The van der Waals surface area contributed by atoms with Crippen molar-refractivity contribution in [3.63, 3.8) is 0 Å². The van der Waals surface area contributed by atoms with E-state index in [0.29, 0.717) is 0 Å². The summed E-state index contributed by atoms with van der Waals surface area (Å²) in [6.45, 7) is 3.67. The third kappa shape index (κ3) is 3.17. The van der Waals surface area contributed by atoms with Crippen LogP contribution in [0, 0.1) is 6.92 Å². The first-order valence-corrected chi connectivity index (χ1v) is 7.62. The van der Waals surface area contributed by atoms with Gasteiger partial charge in [-0.2, -0.15) is 0 Å². The molecule has 1 aromatic carbocycles. The lowest BCUT2D eigenvalue weighted by Crippen LogP contribution is -2.07. The molecule has 3 aromatic rings. The maximum Gasteiger partial charge on any atom is 0.160 e. The number of aryl methyl sites for hydroxylation is 2. The van der Waals surface area contributed by atoms with E-state index in [0.717, 1.165) is 43.0 Å². The molecular weight excluding hydrogens is 274 g/mol. The molecule has 0 aliphatic carbocycles. The van der Waals surface area contributed by atoms with Crippen molar-refractivity contribution < 1.29 is 4.74 Å². The van der Waals surface area contributed by atoms with Gasteiger partial charge in [-0.05, 0) is 31.0 Å². The number of fused-ring (bicyclic) bond motifs is 1. The van der Waals surface area contributed by atoms with Gasteiger partial charge in [0.2, 0.25) is 0 Å². The van der Waals surface area contributed by atoms with Crippen molar-refractivity contribution in [2.24, 2.45) is 0 Å². The second-order valence-corrected chi connectivity index (χ2v) is 5.55. The van der Waals surface area contributed by atoms with Crippen molar-refractivity contribution in [3.05, 3.63) is 59.5 Å². The number of imidazole rings is 1. The molecular formula is C18H21N3O. The van der Waals surface area contributed by atoms with Crippen LogP contribution < -0.4 is 0 Å². The highest BCUT2D eigenvalue weighted by Gasteiger charge is 2.11. The van der Waals surface area contributed by atoms with Crippen LogP contribution in [0.3, 0.4) is 0 Å². The van der Waals surface area contributed by atoms with Crippen LogP contribution in [0.2, 0.25) is 0 Å². The van der Waals surface area contributed by atoms with Crippen molar-refractivity contribution in [3.8, 4) is 0 Å². The van der Waals surface area contributed by atoms with E-state index in [1.807, 2.05) is 18.3 Å². The summed E-state index contributed by atoms with van der Waals surface area (Å²) in [6.07, 6.45) is 3.69. The maximum atomic E-state index is 5.16. The van der Waals surface area contributed by atoms with Gasteiger partial charge in [-0.3, -0.25) is 0 Å². The fourth-order valence-electron chi connectivity index (χ4n) is 2.73. The van der Waals surface area contributed by atoms with Crippen molar-refractivity contribution in [1.82, 2.24) is 14.5 Å². The topological polar surface area (TPSA) is 39.9 Å². The average Bonchev–Trinajstić information content (AvgIpc) is 2.86. The molecule has 4 nitrogen and oxygen atoms in total. The molecule has 114 valence electrons. The average molecular weight is 295 g/mol. The molecule has 0 bridgehead atoms. The zero-order chi connectivity index (χ0) is 15.4. The van der Waals surface area contributed by atoms with E-state index in [-0.39, 0.29) is 0 Å². The molecule has 0 aliphatic heterocycles. The first kappa shape index (κ1) is 14.7. The fraction of sp³-hybridized carbons (Fsp3) is 0.333. The number of nitrogens with zero attached hydrogens (tertiary/aromatic N) is 3. The smallest absolute Gasteiger partial charge is 0.160 e. The number of benzene rings is 1. The van der Waals surface area contributed by atoms with Gasteiger partial charge in [-0.1, -0.05) is 29.8 Å². The van der Waals surface area contributed by atoms with Gasteiger partial charge >= 0.3 is 0 Å². The van der Waals surface area contributed by atoms with Gasteiger partial charge in [0, 0.05) is 26.3 Å². The molecule has 4 heteroatoms. The van der Waals surface area contributed by atoms with Gasteiger partial charge in [-0.15, -0.1) is 0 Å². The summed E-state index contributed by atoms with van der Waals surface area (Å²) < 4.78 is 7.38. The van der Waals surface area contributed by atoms with Crippen LogP contribution >= 0.6 is 0 Å². The molecule has 2 aromatic heterocycles. The molecule has 0 N–H and O–H groups in total. The Morgan fingerprint density at radius 1 is 1.18 bits per heavy atom. The molecule has 2 heterocycles. The SMILES string of the molecule is COCCCc1nc2cccnc2n1Cc1cccc(C)c1. The van der Waals surface area contributed by atoms with Crippen LogP contribution in [0.15, 0.2) is 42.6 Å². The standard InChI is InChI=1S/C18H21N3O/c1-14-6-3-7-15(12-14)13-21-17(9-5-11-22-2)20-16-8-4-10-19-18(16)21/h3-4,6-8,10,12H,5,9,11,13H2,1-2H3. The third-order valence-corrected chi connectivity index (χ3v) is 3.75. The summed E-state index contributed by atoms with van der Waals surface area (Å²) in [5.74, 6) is 1.08. The number of aromatic nitrogens is 3. The Morgan fingerprint density at radius 2 is 2.09 bits per heavy atom. The number of ether oxygens (including phenoxy) is 1. The van der Waals surface area contributed by atoms with E-state index in [9.17, 15) is 0 Å². The van der Waals surface area contributed by atoms with Gasteiger partial charge in [0.25, 0.3) is 0 Å². The lowest BCUT2D eigenvalue weighted by molar-refractivity contribution is 0.194. The van der Waals surface area contributed by atoms with Gasteiger partial charge in [-0.25, -0.2) is 9.97 Å². The number of pyridine rings is 1. The van der Waals surface area contributed by atoms with Crippen LogP contribution in [-0.4, -0.2) is 28.3 Å². The van der Waals surface area contributed by atoms with Crippen LogP contribution in [0.25, 0.3) is 11.2 Å². The maximum absolute atomic E-state index is 5.16. The Labute approximate surface area is 130 Å². The molecule has 0 spiro atoms. The summed E-state index contributed by atoms with van der Waals surface area (Å²) >= 11 is 0. The zero-order valence-electron chi connectivity index (χ0n) is 13.1. The highest BCUT2D eigenvalue weighted by Crippen LogP contribution is 2.17. The van der Waals surface area contributed by atoms with Crippen molar-refractivity contribution >= 4 is 11.2 Å². The summed E-state index contributed by atoms with van der Waals surface area (Å²) in [7, 11) is 1.73. The van der Waals surface area contributed by atoms with E-state index in [1.165, 1.54) is 11.1 Å². The molecule has 0 amide bonds. The van der Waals surface area contributed by atoms with Crippen molar-refractivity contribution in [2.45, 2.75) is 26.3 Å². The molecule has 3 rings (SSSR count). The van der Waals surface area contributed by atoms with Crippen LogP contribution in [0.5, 0.6) is 0 Å². The number of methoxy groups -OCH3 is 1. The second kappa shape index (κ2) is 6.71. The summed E-state index contributed by atoms with van der Waals surface area (Å²) in [4.78, 5) is 9.27. The predicted molar refractivity (Wildman–Crippen MR) is 88.0 cm³/mol. The number of hydrogen-bond donors (Lipinski definition) is 0. The Bertz CT molecular complexity index is 764. The Balaban J connectivity index is 1.96. The van der Waals surface area contributed by atoms with E-state index >= 15 is 0 Å². The molecule has 0 saturated carbocycles. The third-order valence-electron chi connectivity index (χ3n) is 3.75. The molecule has 22 heavy (non-hydrogen) atoms. The highest BCUT2D eigenvalue weighted by atomic mass is 16.5. The molecule has 0 radical (unpaired) electrons. The molecule has 0 unspecified atom stereocenters. The van der Waals surface area contributed by atoms with Crippen LogP contribution in [0.1, 0.15) is 23.4 Å². The van der Waals surface area contributed by atoms with Gasteiger partial charge in [0.1, 0.15) is 11.3 Å². The number of rotatable bonds is 6. The molecule has 0 aliphatic rings. The Hall–Kier alpha value is -2.20. The minimum absolute atomic E-state index is 0.751. The minimum atomic E-state index is 0.751. The van der Waals surface area contributed by atoms with Gasteiger partial charge < -0.3 is 9.30 Å². The highest BCUT2D eigenvalue weighted by molar-refractivity contribution is 5.71. The normalized spacial score (nSPS) is 11.2. The number of hydrogen-bond acceptors (Lipinski definition) is 3. The van der Waals surface area contributed by atoms with E-state index in [4.69, 9.17) is 9.72 Å². The largest absolute Gasteiger partial charge is 0.385 e. The molecule has 0 fully saturated rings. The first-order chi connectivity index (χ1) is 10.8. The summed E-state index contributed by atoms with van der Waals surface area (Å²) in [5, 5.41) is 0. The monoisotopic (exact) mass is 295 g/mol. The van der Waals surface area contributed by atoms with Crippen LogP contribution in [-0.2, 0) is 17.7 Å². The molecule has 0 saturated heterocycles. The summed E-state index contributed by atoms with van der Waals surface area (Å²) in [5.41, 5.74) is 4.47.